The van der Waals surface area contributed by atoms with E-state index in [0.717, 1.165) is 14.7 Å². The molecule has 0 aromatic heterocycles. The molecule has 0 heterocycles. The van der Waals surface area contributed by atoms with Crippen molar-refractivity contribution in [3.8, 4) is 0 Å². The summed E-state index contributed by atoms with van der Waals surface area (Å²) >= 11 is 0. The Hall–Kier alpha value is -1.13. The van der Waals surface area contributed by atoms with Gasteiger partial charge < -0.3 is 0 Å². The molecule has 0 aliphatic heterocycles. The van der Waals surface area contributed by atoms with Crippen molar-refractivity contribution in [3.63, 3.8) is 0 Å². The highest BCUT2D eigenvalue weighted by Crippen LogP contribution is 2.22. The molecule has 0 spiro atoms. The van der Waals surface area contributed by atoms with Crippen LogP contribution in [0.3, 0.4) is 0 Å². The van der Waals surface area contributed by atoms with Gasteiger partial charge in [-0.3, -0.25) is 0 Å². The van der Waals surface area contributed by atoms with E-state index >= 15 is 0 Å². The maximum atomic E-state index is 2.29. The SMILES string of the molecule is Cc1ccc(PCc2ccccc2)c(C)c1C. The van der Waals surface area contributed by atoms with E-state index in [1.54, 1.807) is 0 Å². The first-order valence-electron chi connectivity index (χ1n) is 6.03. The monoisotopic (exact) mass is 242 g/mol. The van der Waals surface area contributed by atoms with Crippen LogP contribution in [-0.2, 0) is 6.16 Å². The first-order chi connectivity index (χ1) is 8.18. The van der Waals surface area contributed by atoms with Crippen LogP contribution in [-0.4, -0.2) is 0 Å². The van der Waals surface area contributed by atoms with Gasteiger partial charge in [-0.15, -0.1) is 0 Å². The fourth-order valence-corrected chi connectivity index (χ4v) is 3.22. The molecule has 1 heteroatoms. The number of hydrogen-bond acceptors (Lipinski definition) is 0. The summed E-state index contributed by atoms with van der Waals surface area (Å²) in [5, 5.41) is 1.51. The fourth-order valence-electron chi connectivity index (χ4n) is 1.94. The van der Waals surface area contributed by atoms with Crippen LogP contribution in [0.15, 0.2) is 42.5 Å². The Bertz CT molecular complexity index is 500. The molecule has 1 atom stereocenters. The zero-order valence-corrected chi connectivity index (χ0v) is 11.7. The quantitative estimate of drug-likeness (QED) is 0.710. The molecule has 2 aromatic carbocycles. The van der Waals surface area contributed by atoms with E-state index in [1.807, 2.05) is 0 Å². The van der Waals surface area contributed by atoms with Crippen molar-refractivity contribution in [3.05, 3.63) is 64.7 Å². The van der Waals surface area contributed by atoms with E-state index in [0.29, 0.717) is 0 Å². The van der Waals surface area contributed by atoms with Crippen molar-refractivity contribution in [2.45, 2.75) is 26.9 Å². The van der Waals surface area contributed by atoms with E-state index in [2.05, 4.69) is 63.2 Å². The van der Waals surface area contributed by atoms with Gasteiger partial charge in [0.25, 0.3) is 0 Å². The average Bonchev–Trinajstić information content (AvgIpc) is 2.36. The summed E-state index contributed by atoms with van der Waals surface area (Å²) in [5.74, 6) is 0. The second-order valence-corrected chi connectivity index (χ2v) is 5.76. The van der Waals surface area contributed by atoms with Crippen LogP contribution < -0.4 is 5.30 Å². The number of aryl methyl sites for hydroxylation is 1. The van der Waals surface area contributed by atoms with Crippen LogP contribution in [0.4, 0.5) is 0 Å². The highest BCUT2D eigenvalue weighted by molar-refractivity contribution is 7.46. The number of benzene rings is 2. The molecular weight excluding hydrogens is 223 g/mol. The lowest BCUT2D eigenvalue weighted by Crippen LogP contribution is -2.04. The minimum absolute atomic E-state index is 0.874. The zero-order chi connectivity index (χ0) is 12.3. The first-order valence-corrected chi connectivity index (χ1v) is 7.24. The molecule has 88 valence electrons. The maximum Gasteiger partial charge on any atom is -0.00601 e. The van der Waals surface area contributed by atoms with Crippen LogP contribution >= 0.6 is 8.58 Å². The molecule has 2 aromatic rings. The summed E-state index contributed by atoms with van der Waals surface area (Å²) in [6.45, 7) is 6.66. The Kier molecular flexibility index (Phi) is 3.97. The van der Waals surface area contributed by atoms with E-state index in [4.69, 9.17) is 0 Å². The van der Waals surface area contributed by atoms with Crippen molar-refractivity contribution in [1.29, 1.82) is 0 Å². The third-order valence-electron chi connectivity index (χ3n) is 3.38. The molecule has 0 bridgehead atoms. The second kappa shape index (κ2) is 5.47. The molecule has 0 fully saturated rings. The van der Waals surface area contributed by atoms with Gasteiger partial charge in [0.2, 0.25) is 0 Å². The molecular formula is C16H19P. The van der Waals surface area contributed by atoms with Crippen LogP contribution in [0.25, 0.3) is 0 Å². The number of rotatable bonds is 3. The highest BCUT2D eigenvalue weighted by atomic mass is 31.1. The van der Waals surface area contributed by atoms with Gasteiger partial charge >= 0.3 is 0 Å². The molecule has 0 aliphatic rings. The Morgan fingerprint density at radius 1 is 0.824 bits per heavy atom. The zero-order valence-electron chi connectivity index (χ0n) is 10.7. The van der Waals surface area contributed by atoms with Gasteiger partial charge in [-0.2, -0.15) is 0 Å². The summed E-state index contributed by atoms with van der Waals surface area (Å²) in [4.78, 5) is 0. The van der Waals surface area contributed by atoms with E-state index < -0.39 is 0 Å². The van der Waals surface area contributed by atoms with Crippen LogP contribution in [0.1, 0.15) is 22.3 Å². The molecule has 1 unspecified atom stereocenters. The van der Waals surface area contributed by atoms with Gasteiger partial charge in [-0.1, -0.05) is 51.0 Å². The predicted octanol–water partition coefficient (Wildman–Crippen LogP) is 4.12. The molecule has 17 heavy (non-hydrogen) atoms. The summed E-state index contributed by atoms with van der Waals surface area (Å²) in [6, 6.07) is 15.3. The predicted molar refractivity (Wildman–Crippen MR) is 78.7 cm³/mol. The van der Waals surface area contributed by atoms with Crippen LogP contribution in [0.2, 0.25) is 0 Å². The van der Waals surface area contributed by atoms with Crippen molar-refractivity contribution < 1.29 is 0 Å². The normalized spacial score (nSPS) is 11.2. The van der Waals surface area contributed by atoms with Gasteiger partial charge in [0.05, 0.1) is 0 Å². The standard InChI is InChI=1S/C16H19P/c1-12-9-10-16(14(3)13(12)2)17-11-15-7-5-4-6-8-15/h4-10,17H,11H2,1-3H3. The van der Waals surface area contributed by atoms with Crippen LogP contribution in [0.5, 0.6) is 0 Å². The second-order valence-electron chi connectivity index (χ2n) is 4.52. The van der Waals surface area contributed by atoms with Gasteiger partial charge in [0.15, 0.2) is 0 Å². The molecule has 0 N–H and O–H groups in total. The summed E-state index contributed by atoms with van der Waals surface area (Å²) in [7, 11) is 0.874. The summed E-state index contributed by atoms with van der Waals surface area (Å²) in [6.07, 6.45) is 1.16. The van der Waals surface area contributed by atoms with E-state index in [1.165, 1.54) is 27.6 Å². The van der Waals surface area contributed by atoms with Gasteiger partial charge in [-0.05, 0) is 54.5 Å². The van der Waals surface area contributed by atoms with Crippen molar-refractivity contribution in [2.75, 3.05) is 0 Å². The molecule has 0 saturated carbocycles. The largest absolute Gasteiger partial charge is 0.0856 e. The van der Waals surface area contributed by atoms with Gasteiger partial charge in [0, 0.05) is 0 Å². The molecule has 0 aliphatic carbocycles. The Morgan fingerprint density at radius 3 is 2.24 bits per heavy atom. The molecule has 0 nitrogen and oxygen atoms in total. The average molecular weight is 242 g/mol. The van der Waals surface area contributed by atoms with E-state index in [9.17, 15) is 0 Å². The fraction of sp³-hybridized carbons (Fsp3) is 0.250. The summed E-state index contributed by atoms with van der Waals surface area (Å²) < 4.78 is 0. The summed E-state index contributed by atoms with van der Waals surface area (Å²) in [5.41, 5.74) is 5.75. The van der Waals surface area contributed by atoms with Gasteiger partial charge in [-0.25, -0.2) is 0 Å². The highest BCUT2D eigenvalue weighted by Gasteiger charge is 2.03. The minimum atomic E-state index is 0.874. The lowest BCUT2D eigenvalue weighted by atomic mass is 10.1. The molecule has 2 rings (SSSR count). The van der Waals surface area contributed by atoms with Gasteiger partial charge in [0.1, 0.15) is 0 Å². The van der Waals surface area contributed by atoms with Crippen molar-refractivity contribution in [1.82, 2.24) is 0 Å². The van der Waals surface area contributed by atoms with Crippen molar-refractivity contribution >= 4 is 13.9 Å². The lowest BCUT2D eigenvalue weighted by Gasteiger charge is -2.11. The molecule has 0 radical (unpaired) electrons. The van der Waals surface area contributed by atoms with Crippen molar-refractivity contribution in [2.24, 2.45) is 0 Å². The Morgan fingerprint density at radius 2 is 1.53 bits per heavy atom. The molecule has 0 amide bonds. The maximum absolute atomic E-state index is 2.29. The lowest BCUT2D eigenvalue weighted by molar-refractivity contribution is 1.28. The smallest absolute Gasteiger partial charge is 0.00601 e. The number of hydrogen-bond donors (Lipinski definition) is 0. The topological polar surface area (TPSA) is 0 Å². The molecule has 0 saturated heterocycles. The van der Waals surface area contributed by atoms with E-state index in [-0.39, 0.29) is 0 Å². The Balaban J connectivity index is 2.13. The first kappa shape index (κ1) is 12.3. The Labute approximate surface area is 106 Å². The minimum Gasteiger partial charge on any atom is -0.0856 e. The third kappa shape index (κ3) is 2.96. The van der Waals surface area contributed by atoms with Crippen LogP contribution in [0, 0.1) is 20.8 Å². The third-order valence-corrected chi connectivity index (χ3v) is 4.89.